The van der Waals surface area contributed by atoms with E-state index in [1.807, 2.05) is 22.8 Å². The van der Waals surface area contributed by atoms with E-state index >= 15 is 0 Å². The molecule has 2 rings (SSSR count). The van der Waals surface area contributed by atoms with E-state index in [0.717, 1.165) is 15.5 Å². The van der Waals surface area contributed by atoms with Crippen molar-refractivity contribution in [1.29, 1.82) is 0 Å². The number of aromatic amines is 1. The summed E-state index contributed by atoms with van der Waals surface area (Å²) in [6.45, 7) is 4.46. The Hall–Kier alpha value is -0.580. The van der Waals surface area contributed by atoms with Crippen LogP contribution < -0.4 is 0 Å². The smallest absolute Gasteiger partial charge is 0.178 e. The van der Waals surface area contributed by atoms with Crippen LogP contribution in [-0.2, 0) is 6.54 Å². The molecule has 0 aliphatic rings. The van der Waals surface area contributed by atoms with Crippen LogP contribution >= 0.6 is 39.7 Å². The molecule has 0 bridgehead atoms. The van der Waals surface area contributed by atoms with E-state index in [-0.39, 0.29) is 0 Å². The maximum atomic E-state index is 5.90. The molecule has 2 nitrogen and oxygen atoms in total. The first-order valence-corrected chi connectivity index (χ1v) is 5.87. The van der Waals surface area contributed by atoms with Crippen LogP contribution in [0.25, 0.3) is 11.0 Å². The third-order valence-corrected chi connectivity index (χ3v) is 2.87. The number of rotatable bonds is 2. The number of fused-ring (bicyclic) bond motifs is 1. The van der Waals surface area contributed by atoms with Gasteiger partial charge in [-0.2, -0.15) is 0 Å². The minimum atomic E-state index is 0.653. The lowest BCUT2D eigenvalue weighted by Crippen LogP contribution is -1.96. The summed E-state index contributed by atoms with van der Waals surface area (Å²) in [4.78, 5) is 3.10. The molecule has 0 radical (unpaired) electrons. The molecular weight excluding hydrogens is 296 g/mol. The molecule has 0 amide bonds. The van der Waals surface area contributed by atoms with Gasteiger partial charge in [-0.3, -0.25) is 0 Å². The third-order valence-electron chi connectivity index (χ3n) is 2.07. The number of benzene rings is 1. The fourth-order valence-corrected chi connectivity index (χ4v) is 2.16. The van der Waals surface area contributed by atoms with Gasteiger partial charge in [-0.15, -0.1) is 0 Å². The zero-order valence-corrected chi connectivity index (χ0v) is 10.9. The van der Waals surface area contributed by atoms with E-state index in [1.165, 1.54) is 0 Å². The maximum Gasteiger partial charge on any atom is 0.178 e. The Kier molecular flexibility index (Phi) is 3.00. The highest BCUT2D eigenvalue weighted by atomic mass is 79.9. The standard InChI is InChI=1S/C10H8BrClN2S/c1-6(11)5-14-9-3-2-7(12)4-8(9)13-10(14)15/h2-4H,1,5H2,(H,13,15). The first kappa shape index (κ1) is 10.9. The number of aromatic nitrogens is 2. The summed E-state index contributed by atoms with van der Waals surface area (Å²) >= 11 is 14.4. The van der Waals surface area contributed by atoms with E-state index in [4.69, 9.17) is 23.8 Å². The van der Waals surface area contributed by atoms with Crippen LogP contribution in [0.1, 0.15) is 0 Å². The zero-order chi connectivity index (χ0) is 11.0. The highest BCUT2D eigenvalue weighted by Gasteiger charge is 2.04. The fourth-order valence-electron chi connectivity index (χ4n) is 1.46. The normalized spacial score (nSPS) is 10.8. The molecule has 5 heteroatoms. The molecule has 0 aliphatic carbocycles. The number of hydrogen-bond acceptors (Lipinski definition) is 1. The number of nitrogens with zero attached hydrogens (tertiary/aromatic N) is 1. The van der Waals surface area contributed by atoms with Crippen LogP contribution in [0.5, 0.6) is 0 Å². The van der Waals surface area contributed by atoms with Crippen LogP contribution in [-0.4, -0.2) is 9.55 Å². The molecular formula is C10H8BrClN2S. The average molecular weight is 304 g/mol. The van der Waals surface area contributed by atoms with Gasteiger partial charge in [0, 0.05) is 9.51 Å². The highest BCUT2D eigenvalue weighted by Crippen LogP contribution is 2.20. The van der Waals surface area contributed by atoms with Crippen LogP contribution in [0.15, 0.2) is 29.3 Å². The molecule has 0 fully saturated rings. The van der Waals surface area contributed by atoms with Gasteiger partial charge in [0.2, 0.25) is 0 Å². The fraction of sp³-hybridized carbons (Fsp3) is 0.100. The summed E-state index contributed by atoms with van der Waals surface area (Å²) < 4.78 is 3.53. The second-order valence-corrected chi connectivity index (χ2v) is 5.14. The lowest BCUT2D eigenvalue weighted by molar-refractivity contribution is 0.829. The van der Waals surface area contributed by atoms with Gasteiger partial charge in [0.25, 0.3) is 0 Å². The minimum Gasteiger partial charge on any atom is -0.331 e. The van der Waals surface area contributed by atoms with Crippen molar-refractivity contribution in [3.63, 3.8) is 0 Å². The van der Waals surface area contributed by atoms with E-state index < -0.39 is 0 Å². The predicted molar refractivity (Wildman–Crippen MR) is 70.2 cm³/mol. The van der Waals surface area contributed by atoms with Crippen molar-refractivity contribution in [2.45, 2.75) is 6.54 Å². The summed E-state index contributed by atoms with van der Waals surface area (Å²) in [5.74, 6) is 0. The zero-order valence-electron chi connectivity index (χ0n) is 7.76. The predicted octanol–water partition coefficient (Wildman–Crippen LogP) is 4.26. The topological polar surface area (TPSA) is 20.7 Å². The van der Waals surface area contributed by atoms with Gasteiger partial charge in [0.05, 0.1) is 17.6 Å². The van der Waals surface area contributed by atoms with Gasteiger partial charge in [0.15, 0.2) is 4.77 Å². The molecule has 78 valence electrons. The van der Waals surface area contributed by atoms with Gasteiger partial charge in [-0.25, -0.2) is 0 Å². The van der Waals surface area contributed by atoms with Crippen molar-refractivity contribution in [3.05, 3.63) is 39.1 Å². The average Bonchev–Trinajstić information content (AvgIpc) is 2.41. The number of allylic oxidation sites excluding steroid dienone is 1. The van der Waals surface area contributed by atoms with Gasteiger partial charge in [-0.1, -0.05) is 34.1 Å². The summed E-state index contributed by atoms with van der Waals surface area (Å²) in [5.41, 5.74) is 1.98. The van der Waals surface area contributed by atoms with Gasteiger partial charge in [-0.05, 0) is 30.4 Å². The lowest BCUT2D eigenvalue weighted by atomic mass is 10.3. The number of imidazole rings is 1. The van der Waals surface area contributed by atoms with Crippen LogP contribution in [0.4, 0.5) is 0 Å². The maximum absolute atomic E-state index is 5.90. The molecule has 0 atom stereocenters. The van der Waals surface area contributed by atoms with Crippen LogP contribution in [0.3, 0.4) is 0 Å². The third kappa shape index (κ3) is 2.17. The summed E-state index contributed by atoms with van der Waals surface area (Å²) in [7, 11) is 0. The van der Waals surface area contributed by atoms with Crippen molar-refractivity contribution in [2.75, 3.05) is 0 Å². The van der Waals surface area contributed by atoms with Crippen LogP contribution in [0, 0.1) is 4.77 Å². The van der Waals surface area contributed by atoms with E-state index in [2.05, 4.69) is 27.5 Å². The monoisotopic (exact) mass is 302 g/mol. The van der Waals surface area contributed by atoms with E-state index in [1.54, 1.807) is 0 Å². The summed E-state index contributed by atoms with van der Waals surface area (Å²) in [6.07, 6.45) is 0. The second-order valence-electron chi connectivity index (χ2n) is 3.20. The minimum absolute atomic E-state index is 0.653. The largest absolute Gasteiger partial charge is 0.331 e. The Morgan fingerprint density at radius 3 is 3.00 bits per heavy atom. The molecule has 2 aromatic rings. The molecule has 1 aromatic carbocycles. The van der Waals surface area contributed by atoms with Gasteiger partial charge >= 0.3 is 0 Å². The Morgan fingerprint density at radius 1 is 1.60 bits per heavy atom. The van der Waals surface area contributed by atoms with Crippen molar-refractivity contribution >= 4 is 50.8 Å². The van der Waals surface area contributed by atoms with Gasteiger partial charge < -0.3 is 9.55 Å². The lowest BCUT2D eigenvalue weighted by Gasteiger charge is -2.02. The van der Waals surface area contributed by atoms with Crippen molar-refractivity contribution in [1.82, 2.24) is 9.55 Å². The molecule has 0 aliphatic heterocycles. The number of H-pyrrole nitrogens is 1. The molecule has 1 heterocycles. The number of hydrogen-bond donors (Lipinski definition) is 1. The first-order chi connectivity index (χ1) is 7.08. The highest BCUT2D eigenvalue weighted by molar-refractivity contribution is 9.11. The molecule has 0 unspecified atom stereocenters. The quantitative estimate of drug-likeness (QED) is 0.822. The van der Waals surface area contributed by atoms with Gasteiger partial charge in [0.1, 0.15) is 0 Å². The Morgan fingerprint density at radius 2 is 2.33 bits per heavy atom. The first-order valence-electron chi connectivity index (χ1n) is 4.29. The second kappa shape index (κ2) is 4.12. The Bertz CT molecular complexity index is 585. The molecule has 0 saturated carbocycles. The summed E-state index contributed by atoms with van der Waals surface area (Å²) in [5, 5.41) is 0.698. The Labute approximate surface area is 106 Å². The molecule has 0 saturated heterocycles. The number of nitrogens with one attached hydrogen (secondary N) is 1. The molecule has 1 aromatic heterocycles. The van der Waals surface area contributed by atoms with Crippen molar-refractivity contribution in [2.24, 2.45) is 0 Å². The molecule has 0 spiro atoms. The van der Waals surface area contributed by atoms with Crippen LogP contribution in [0.2, 0.25) is 5.02 Å². The molecule has 15 heavy (non-hydrogen) atoms. The number of halogens is 2. The SMILES string of the molecule is C=C(Br)Cn1c(=S)[nH]c2cc(Cl)ccc21. The summed E-state index contributed by atoms with van der Waals surface area (Å²) in [6, 6.07) is 5.65. The van der Waals surface area contributed by atoms with Crippen molar-refractivity contribution in [3.8, 4) is 0 Å². The van der Waals surface area contributed by atoms with E-state index in [9.17, 15) is 0 Å². The van der Waals surface area contributed by atoms with Crippen molar-refractivity contribution < 1.29 is 0 Å². The Balaban J connectivity index is 2.68. The van der Waals surface area contributed by atoms with E-state index in [0.29, 0.717) is 16.3 Å². The molecule has 1 N–H and O–H groups in total.